The number of carbonyl (C=O) groups is 1. The fourth-order valence-electron chi connectivity index (χ4n) is 3.27. The molecule has 1 aliphatic heterocycles. The van der Waals surface area contributed by atoms with Crippen LogP contribution < -0.4 is 4.74 Å². The van der Waals surface area contributed by atoms with Crippen molar-refractivity contribution in [1.82, 2.24) is 9.97 Å². The predicted octanol–water partition coefficient (Wildman–Crippen LogP) is 3.77. The van der Waals surface area contributed by atoms with Crippen molar-refractivity contribution < 1.29 is 24.1 Å². The van der Waals surface area contributed by atoms with Crippen LogP contribution in [0.4, 0.5) is 0 Å². The van der Waals surface area contributed by atoms with E-state index in [4.69, 9.17) is 14.2 Å². The van der Waals surface area contributed by atoms with Gasteiger partial charge in [0.15, 0.2) is 11.6 Å². The van der Waals surface area contributed by atoms with Crippen LogP contribution in [0.3, 0.4) is 0 Å². The van der Waals surface area contributed by atoms with Gasteiger partial charge in [0.2, 0.25) is 0 Å². The minimum Gasteiger partial charge on any atom is -0.507 e. The summed E-state index contributed by atoms with van der Waals surface area (Å²) in [5, 5.41) is 19.7. The largest absolute Gasteiger partial charge is 0.507 e. The normalized spacial score (nSPS) is 16.5. The van der Waals surface area contributed by atoms with Gasteiger partial charge in [-0.15, -0.1) is 0 Å². The fraction of sp³-hybridized carbons (Fsp3) is 0.261. The molecule has 1 saturated heterocycles. The van der Waals surface area contributed by atoms with Crippen LogP contribution in [0.5, 0.6) is 5.75 Å². The minimum absolute atomic E-state index is 0.0816. The molecule has 2 N–H and O–H groups in total. The number of hydrogen-bond acceptors (Lipinski definition) is 7. The number of rotatable bonds is 7. The number of imidazole rings is 1. The lowest BCUT2D eigenvalue weighted by molar-refractivity contribution is 0.0502. The third-order valence-corrected chi connectivity index (χ3v) is 4.92. The van der Waals surface area contributed by atoms with Gasteiger partial charge in [0, 0.05) is 6.61 Å². The van der Waals surface area contributed by atoms with E-state index in [-0.39, 0.29) is 23.3 Å². The summed E-state index contributed by atoms with van der Waals surface area (Å²) in [4.78, 5) is 19.5. The molecule has 1 atom stereocenters. The molecule has 2 heterocycles. The zero-order chi connectivity index (χ0) is 21.6. The van der Waals surface area contributed by atoms with Gasteiger partial charge in [0.1, 0.15) is 30.6 Å². The second-order valence-electron chi connectivity index (χ2n) is 7.08. The summed E-state index contributed by atoms with van der Waals surface area (Å²) in [5.41, 5.74) is 1.62. The van der Waals surface area contributed by atoms with E-state index in [1.54, 1.807) is 30.3 Å². The van der Waals surface area contributed by atoms with E-state index < -0.39 is 12.6 Å². The second kappa shape index (κ2) is 9.32. The van der Waals surface area contributed by atoms with E-state index in [1.165, 1.54) is 0 Å². The Balaban J connectivity index is 1.37. The number of H-pyrrole nitrogens is 1. The lowest BCUT2D eigenvalue weighted by Gasteiger charge is -2.11. The average molecular weight is 419 g/mol. The maximum Gasteiger partial charge on any atom is 0.338 e. The Bertz CT molecular complexity index is 1100. The molecule has 4 rings (SSSR count). The molecule has 0 unspecified atom stereocenters. The van der Waals surface area contributed by atoms with Crippen molar-refractivity contribution in [3.05, 3.63) is 65.7 Å². The molecule has 0 spiro atoms. The number of carbonyl (C=O) groups excluding carboxylic acids is 1. The zero-order valence-electron chi connectivity index (χ0n) is 16.7. The van der Waals surface area contributed by atoms with Gasteiger partial charge < -0.3 is 24.3 Å². The molecule has 31 heavy (non-hydrogen) atoms. The molecule has 8 nitrogen and oxygen atoms in total. The van der Waals surface area contributed by atoms with Crippen molar-refractivity contribution in [2.45, 2.75) is 18.9 Å². The summed E-state index contributed by atoms with van der Waals surface area (Å²) in [7, 11) is 0. The van der Waals surface area contributed by atoms with Crippen LogP contribution >= 0.6 is 0 Å². The first kappa shape index (κ1) is 20.4. The average Bonchev–Trinajstić information content (AvgIpc) is 3.46. The standard InChI is InChI=1S/C23H21N3O5/c24-12-18(22-25-19-5-1-2-6-20(19)26-22)21(27)14-31-23(28)15-7-9-16(10-8-15)30-13-17-4-3-11-29-17/h1-2,5-10,17,27H,3-4,11,13-14H2,(H,25,26)/b21-18-/t17-/m1/s1. The van der Waals surface area contributed by atoms with Crippen LogP contribution in [0, 0.1) is 11.3 Å². The van der Waals surface area contributed by atoms with Gasteiger partial charge in [-0.2, -0.15) is 5.26 Å². The van der Waals surface area contributed by atoms with Gasteiger partial charge in [-0.3, -0.25) is 0 Å². The number of allylic oxidation sites excluding steroid dienone is 1. The number of hydrogen-bond donors (Lipinski definition) is 2. The lowest BCUT2D eigenvalue weighted by atomic mass is 10.2. The van der Waals surface area contributed by atoms with Crippen LogP contribution in [0.15, 0.2) is 54.3 Å². The number of benzene rings is 2. The summed E-state index contributed by atoms with van der Waals surface area (Å²) in [6.45, 7) is 0.793. The van der Waals surface area contributed by atoms with Crippen molar-refractivity contribution in [1.29, 1.82) is 5.26 Å². The van der Waals surface area contributed by atoms with Crippen molar-refractivity contribution in [3.8, 4) is 11.8 Å². The first-order chi connectivity index (χ1) is 15.1. The number of aromatic nitrogens is 2. The number of aliphatic hydroxyl groups is 1. The second-order valence-corrected chi connectivity index (χ2v) is 7.08. The van der Waals surface area contributed by atoms with Gasteiger partial charge in [-0.25, -0.2) is 9.78 Å². The number of fused-ring (bicyclic) bond motifs is 1. The number of nitrogens with zero attached hydrogens (tertiary/aromatic N) is 2. The molecule has 0 radical (unpaired) electrons. The van der Waals surface area contributed by atoms with Crippen molar-refractivity contribution in [2.75, 3.05) is 19.8 Å². The van der Waals surface area contributed by atoms with Crippen molar-refractivity contribution in [2.24, 2.45) is 0 Å². The predicted molar refractivity (Wildman–Crippen MR) is 112 cm³/mol. The van der Waals surface area contributed by atoms with Gasteiger partial charge >= 0.3 is 5.97 Å². The van der Waals surface area contributed by atoms with Crippen molar-refractivity contribution in [3.63, 3.8) is 0 Å². The number of esters is 1. The van der Waals surface area contributed by atoms with Crippen LogP contribution in [-0.4, -0.2) is 47.0 Å². The third kappa shape index (κ3) is 4.85. The summed E-state index contributed by atoms with van der Waals surface area (Å²) in [5.74, 6) is -0.165. The highest BCUT2D eigenvalue weighted by atomic mass is 16.5. The summed E-state index contributed by atoms with van der Waals surface area (Å²) in [6.07, 6.45) is 2.14. The van der Waals surface area contributed by atoms with E-state index in [0.717, 1.165) is 25.0 Å². The van der Waals surface area contributed by atoms with E-state index in [0.29, 0.717) is 23.4 Å². The lowest BCUT2D eigenvalue weighted by Crippen LogP contribution is -2.16. The Morgan fingerprint density at radius 2 is 2.06 bits per heavy atom. The summed E-state index contributed by atoms with van der Waals surface area (Å²) < 4.78 is 16.3. The van der Waals surface area contributed by atoms with E-state index in [1.807, 2.05) is 24.3 Å². The maximum absolute atomic E-state index is 12.3. The SMILES string of the molecule is N#C/C(=C(/O)COC(=O)c1ccc(OC[C@H]2CCCO2)cc1)c1nc2ccccc2[nH]1. The van der Waals surface area contributed by atoms with Crippen molar-refractivity contribution >= 4 is 22.6 Å². The monoisotopic (exact) mass is 419 g/mol. The molecule has 1 aliphatic rings. The van der Waals surface area contributed by atoms with E-state index in [9.17, 15) is 15.2 Å². The molecular formula is C23H21N3O5. The molecule has 3 aromatic rings. The highest BCUT2D eigenvalue weighted by Crippen LogP contribution is 2.20. The number of nitrogens with one attached hydrogen (secondary N) is 1. The highest BCUT2D eigenvalue weighted by molar-refractivity contribution is 5.90. The summed E-state index contributed by atoms with van der Waals surface area (Å²) in [6, 6.07) is 15.7. The number of aromatic amines is 1. The molecule has 1 aromatic heterocycles. The Morgan fingerprint density at radius 3 is 2.77 bits per heavy atom. The Morgan fingerprint density at radius 1 is 1.26 bits per heavy atom. The highest BCUT2D eigenvalue weighted by Gasteiger charge is 2.17. The van der Waals surface area contributed by atoms with Crippen LogP contribution in [-0.2, 0) is 9.47 Å². The first-order valence-electron chi connectivity index (χ1n) is 9.93. The Hall–Kier alpha value is -3.83. The quantitative estimate of drug-likeness (QED) is 0.340. The Kier molecular flexibility index (Phi) is 6.15. The van der Waals surface area contributed by atoms with Gasteiger partial charge in [-0.1, -0.05) is 12.1 Å². The summed E-state index contributed by atoms with van der Waals surface area (Å²) >= 11 is 0. The molecule has 8 heteroatoms. The van der Waals surface area contributed by atoms with Crippen LogP contribution in [0.2, 0.25) is 0 Å². The van der Waals surface area contributed by atoms with Crippen LogP contribution in [0.25, 0.3) is 16.6 Å². The molecule has 0 bridgehead atoms. The molecule has 158 valence electrons. The molecule has 2 aromatic carbocycles. The third-order valence-electron chi connectivity index (χ3n) is 4.92. The Labute approximate surface area is 178 Å². The maximum atomic E-state index is 12.3. The van der Waals surface area contributed by atoms with Gasteiger partial charge in [0.25, 0.3) is 0 Å². The topological polar surface area (TPSA) is 117 Å². The number of para-hydroxylation sites is 2. The first-order valence-corrected chi connectivity index (χ1v) is 9.93. The minimum atomic E-state index is -0.626. The fourth-order valence-corrected chi connectivity index (χ4v) is 3.27. The van der Waals surface area contributed by atoms with E-state index >= 15 is 0 Å². The van der Waals surface area contributed by atoms with Gasteiger partial charge in [-0.05, 0) is 49.2 Å². The molecule has 0 aliphatic carbocycles. The number of aliphatic hydroxyl groups excluding tert-OH is 1. The molecule has 0 saturated carbocycles. The zero-order valence-corrected chi connectivity index (χ0v) is 16.7. The molecule has 1 fully saturated rings. The molecular weight excluding hydrogens is 398 g/mol. The molecule has 0 amide bonds. The van der Waals surface area contributed by atoms with E-state index in [2.05, 4.69) is 9.97 Å². The number of nitriles is 1. The smallest absolute Gasteiger partial charge is 0.338 e. The van der Waals surface area contributed by atoms with Gasteiger partial charge in [0.05, 0.1) is 22.7 Å². The number of ether oxygens (including phenoxy) is 3. The van der Waals surface area contributed by atoms with Crippen LogP contribution in [0.1, 0.15) is 29.0 Å².